The number of carbonyl (C=O) groups excluding carboxylic acids is 2. The highest BCUT2D eigenvalue weighted by molar-refractivity contribution is 5.97. The van der Waals surface area contributed by atoms with Gasteiger partial charge in [-0.2, -0.15) is 0 Å². The first-order valence-electron chi connectivity index (χ1n) is 9.33. The molecule has 0 saturated heterocycles. The molecule has 15 heteroatoms. The Kier molecular flexibility index (Phi) is 7.04. The maximum Gasteiger partial charge on any atom is 0.317 e. The van der Waals surface area contributed by atoms with Gasteiger partial charge in [0, 0.05) is 0 Å². The van der Waals surface area contributed by atoms with Crippen LogP contribution in [0.1, 0.15) is 12.8 Å². The molecule has 2 aliphatic carbocycles. The summed E-state index contributed by atoms with van der Waals surface area (Å²) in [6.07, 6.45) is -1.62. The molecule has 0 spiro atoms. The summed E-state index contributed by atoms with van der Waals surface area (Å²) in [4.78, 5) is 93.7. The topological polar surface area (TPSA) is 267 Å². The van der Waals surface area contributed by atoms with E-state index in [1.54, 1.807) is 0 Å². The van der Waals surface area contributed by atoms with Crippen LogP contribution in [0.2, 0.25) is 0 Å². The molecule has 0 aromatic carbocycles. The maximum absolute atomic E-state index is 12.5. The summed E-state index contributed by atoms with van der Waals surface area (Å²) in [7, 11) is 0. The fourth-order valence-electron chi connectivity index (χ4n) is 4.68. The van der Waals surface area contributed by atoms with Gasteiger partial charge in [-0.15, -0.1) is 0 Å². The average Bonchev–Trinajstić information content (AvgIpc) is 3.28. The Balaban J connectivity index is 2.32. The molecule has 8 atom stereocenters. The molecule has 6 N–H and O–H groups in total. The van der Waals surface area contributed by atoms with Crippen molar-refractivity contribution in [3.05, 3.63) is 0 Å². The van der Waals surface area contributed by atoms with Crippen LogP contribution in [-0.4, -0.2) is 78.4 Å². The lowest BCUT2D eigenvalue weighted by atomic mass is 9.86. The largest absolute Gasteiger partial charge is 0.481 e. The molecule has 2 aliphatic rings. The zero-order valence-corrected chi connectivity index (χ0v) is 16.4. The van der Waals surface area contributed by atoms with E-state index in [-0.39, 0.29) is 0 Å². The fraction of sp³-hybridized carbons (Fsp3) is 0.556. The number of hydrogen-bond acceptors (Lipinski definition) is 9. The standard InChI is InChI=1S/C18H18O15/c19-11(20)3-1-5(9(15(27)28)7(3)13(23)24)17(31)33-18(32)6-2-4(12(21)22)8(14(25)26)10(6)16(29)30/h3-10H,1-2H2,(H,19,20)(H,21,22)(H,23,24)(H,25,26)(H,27,28)(H,29,30). The fourth-order valence-corrected chi connectivity index (χ4v) is 4.68. The highest BCUT2D eigenvalue weighted by atomic mass is 16.6. The van der Waals surface area contributed by atoms with Gasteiger partial charge >= 0.3 is 47.8 Å². The molecule has 2 saturated carbocycles. The Morgan fingerprint density at radius 1 is 0.424 bits per heavy atom. The van der Waals surface area contributed by atoms with Crippen LogP contribution in [0.5, 0.6) is 0 Å². The van der Waals surface area contributed by atoms with E-state index in [0.717, 1.165) is 0 Å². The second kappa shape index (κ2) is 9.22. The van der Waals surface area contributed by atoms with Crippen molar-refractivity contribution >= 4 is 47.8 Å². The smallest absolute Gasteiger partial charge is 0.317 e. The van der Waals surface area contributed by atoms with E-state index in [9.17, 15) is 69.0 Å². The number of carboxylic acid groups (broad SMARTS) is 6. The molecule has 180 valence electrons. The number of rotatable bonds is 8. The van der Waals surface area contributed by atoms with Gasteiger partial charge in [0.25, 0.3) is 0 Å². The van der Waals surface area contributed by atoms with Crippen LogP contribution in [0.3, 0.4) is 0 Å². The van der Waals surface area contributed by atoms with Crippen LogP contribution >= 0.6 is 0 Å². The van der Waals surface area contributed by atoms with Gasteiger partial charge in [0.2, 0.25) is 0 Å². The normalized spacial score (nSPS) is 33.1. The van der Waals surface area contributed by atoms with Crippen molar-refractivity contribution in [1.82, 2.24) is 0 Å². The van der Waals surface area contributed by atoms with Crippen LogP contribution < -0.4 is 0 Å². The molecule has 2 fully saturated rings. The van der Waals surface area contributed by atoms with Gasteiger partial charge in [-0.05, 0) is 12.8 Å². The predicted octanol–water partition coefficient (Wildman–Crippen LogP) is -1.70. The van der Waals surface area contributed by atoms with Crippen molar-refractivity contribution in [2.45, 2.75) is 12.8 Å². The van der Waals surface area contributed by atoms with Gasteiger partial charge in [-0.25, -0.2) is 0 Å². The molecular formula is C18H18O15. The van der Waals surface area contributed by atoms with E-state index in [4.69, 9.17) is 0 Å². The molecule has 0 heterocycles. The van der Waals surface area contributed by atoms with Gasteiger partial charge in [0.1, 0.15) is 0 Å². The minimum Gasteiger partial charge on any atom is -0.481 e. The monoisotopic (exact) mass is 474 g/mol. The van der Waals surface area contributed by atoms with E-state index < -0.39 is 108 Å². The Morgan fingerprint density at radius 3 is 0.879 bits per heavy atom. The minimum absolute atomic E-state index is 0.808. The summed E-state index contributed by atoms with van der Waals surface area (Å²) in [6, 6.07) is 0. The Hall–Kier alpha value is -4.04. The van der Waals surface area contributed by atoms with Gasteiger partial charge in [0.05, 0.1) is 47.3 Å². The molecule has 8 unspecified atom stereocenters. The first kappa shape index (κ1) is 25.2. The summed E-state index contributed by atoms with van der Waals surface area (Å²) in [5.41, 5.74) is 0. The molecular weight excluding hydrogens is 456 g/mol. The lowest BCUT2D eigenvalue weighted by molar-refractivity contribution is -0.172. The second-order valence-electron chi connectivity index (χ2n) is 7.77. The summed E-state index contributed by atoms with van der Waals surface area (Å²) in [5, 5.41) is 55.6. The highest BCUT2D eigenvalue weighted by Gasteiger charge is 2.59. The number of esters is 2. The second-order valence-corrected chi connectivity index (χ2v) is 7.77. The molecule has 2 rings (SSSR count). The third-order valence-electron chi connectivity index (χ3n) is 6.11. The quantitative estimate of drug-likeness (QED) is 0.169. The molecule has 33 heavy (non-hydrogen) atoms. The first-order valence-corrected chi connectivity index (χ1v) is 9.33. The minimum atomic E-state index is -2.08. The molecule has 0 aromatic heterocycles. The number of aliphatic carboxylic acids is 6. The molecule has 0 bridgehead atoms. The zero-order chi connectivity index (χ0) is 25.4. The van der Waals surface area contributed by atoms with Crippen LogP contribution in [0.4, 0.5) is 0 Å². The summed E-state index contributed by atoms with van der Waals surface area (Å²) < 4.78 is 4.52. The number of hydrogen-bond donors (Lipinski definition) is 6. The number of carbonyl (C=O) groups is 8. The maximum atomic E-state index is 12.5. The van der Waals surface area contributed by atoms with Crippen molar-refractivity contribution in [3.63, 3.8) is 0 Å². The van der Waals surface area contributed by atoms with Gasteiger partial charge in [-0.1, -0.05) is 0 Å². The molecule has 0 radical (unpaired) electrons. The van der Waals surface area contributed by atoms with E-state index in [2.05, 4.69) is 4.74 Å². The van der Waals surface area contributed by atoms with E-state index in [0.29, 0.717) is 0 Å². The van der Waals surface area contributed by atoms with Crippen LogP contribution in [-0.2, 0) is 43.1 Å². The SMILES string of the molecule is O=C(O)C1CC(C(=O)OC(=O)C2CC(C(=O)O)C(C(=O)O)C2C(=O)O)C(C(=O)O)C1C(=O)O. The van der Waals surface area contributed by atoms with Crippen molar-refractivity contribution in [2.24, 2.45) is 47.3 Å². The van der Waals surface area contributed by atoms with Crippen LogP contribution in [0.15, 0.2) is 0 Å². The lowest BCUT2D eigenvalue weighted by Gasteiger charge is -2.20. The van der Waals surface area contributed by atoms with Crippen molar-refractivity contribution < 1.29 is 73.7 Å². The van der Waals surface area contributed by atoms with Crippen molar-refractivity contribution in [2.75, 3.05) is 0 Å². The van der Waals surface area contributed by atoms with Crippen LogP contribution in [0.25, 0.3) is 0 Å². The Bertz CT molecular complexity index is 861. The Morgan fingerprint density at radius 2 is 0.667 bits per heavy atom. The highest BCUT2D eigenvalue weighted by Crippen LogP contribution is 2.45. The van der Waals surface area contributed by atoms with Gasteiger partial charge < -0.3 is 35.4 Å². The average molecular weight is 474 g/mol. The predicted molar refractivity (Wildman–Crippen MR) is 94.1 cm³/mol. The van der Waals surface area contributed by atoms with Crippen molar-refractivity contribution in [3.8, 4) is 0 Å². The number of carboxylic acids is 6. The first-order chi connectivity index (χ1) is 15.2. The molecule has 0 amide bonds. The summed E-state index contributed by atoms with van der Waals surface area (Å²) in [5.74, 6) is -29.6. The van der Waals surface area contributed by atoms with E-state index in [1.165, 1.54) is 0 Å². The van der Waals surface area contributed by atoms with Crippen LogP contribution in [0, 0.1) is 47.3 Å². The molecule has 0 aromatic rings. The third kappa shape index (κ3) is 4.61. The Labute approximate surface area is 182 Å². The molecule has 15 nitrogen and oxygen atoms in total. The number of ether oxygens (including phenoxy) is 1. The van der Waals surface area contributed by atoms with Crippen molar-refractivity contribution in [1.29, 1.82) is 0 Å². The summed E-state index contributed by atoms with van der Waals surface area (Å²) >= 11 is 0. The zero-order valence-electron chi connectivity index (χ0n) is 16.4. The van der Waals surface area contributed by atoms with Gasteiger partial charge in [-0.3, -0.25) is 38.4 Å². The van der Waals surface area contributed by atoms with Gasteiger partial charge in [0.15, 0.2) is 0 Å². The van der Waals surface area contributed by atoms with E-state index in [1.807, 2.05) is 0 Å². The third-order valence-corrected chi connectivity index (χ3v) is 6.11. The van der Waals surface area contributed by atoms with E-state index >= 15 is 0 Å². The lowest BCUT2D eigenvalue weighted by Crippen LogP contribution is -2.38. The summed E-state index contributed by atoms with van der Waals surface area (Å²) in [6.45, 7) is 0. The molecule has 0 aliphatic heterocycles.